The molecular formula is C10H7F3MnO2S+2. The van der Waals surface area contributed by atoms with Gasteiger partial charge in [0, 0.05) is 4.88 Å². The topological polar surface area (TPSA) is 34.1 Å². The van der Waals surface area contributed by atoms with E-state index in [2.05, 4.69) is 6.58 Å². The smallest absolute Gasteiger partial charge is 0.293 e. The molecule has 0 aliphatic carbocycles. The Morgan fingerprint density at radius 3 is 2.35 bits per heavy atom. The second kappa shape index (κ2) is 6.14. The van der Waals surface area contributed by atoms with Crippen LogP contribution in [-0.4, -0.2) is 17.7 Å². The summed E-state index contributed by atoms with van der Waals surface area (Å²) in [6.45, 7) is 3.46. The Balaban J connectivity index is 0.00000256. The van der Waals surface area contributed by atoms with Gasteiger partial charge in [0.05, 0.1) is 11.3 Å². The van der Waals surface area contributed by atoms with Crippen molar-refractivity contribution in [3.63, 3.8) is 0 Å². The SMILES string of the molecule is C=Cc1ccc(C(=O)CC(=O)C(F)(F)F)s1.[Mn+2]. The third kappa shape index (κ3) is 4.46. The molecule has 0 amide bonds. The minimum absolute atomic E-state index is 0. The zero-order valence-corrected chi connectivity index (χ0v) is 10.4. The van der Waals surface area contributed by atoms with E-state index >= 15 is 0 Å². The van der Waals surface area contributed by atoms with E-state index in [4.69, 9.17) is 0 Å². The van der Waals surface area contributed by atoms with E-state index < -0.39 is 24.2 Å². The van der Waals surface area contributed by atoms with Crippen molar-refractivity contribution in [2.24, 2.45) is 0 Å². The standard InChI is InChI=1S/C10H7F3O2S.Mn/c1-2-6-3-4-8(16-6)7(14)5-9(15)10(11,12)13;/h2-4H,1,5H2;/q;+2. The van der Waals surface area contributed by atoms with Crippen LogP contribution in [0.4, 0.5) is 13.2 Å². The van der Waals surface area contributed by atoms with Crippen molar-refractivity contribution >= 4 is 29.0 Å². The first kappa shape index (κ1) is 16.1. The number of alkyl halides is 3. The van der Waals surface area contributed by atoms with Crippen LogP contribution in [0.15, 0.2) is 18.7 Å². The summed E-state index contributed by atoms with van der Waals surface area (Å²) in [5.41, 5.74) is 0. The molecule has 1 radical (unpaired) electrons. The maximum absolute atomic E-state index is 11.9. The molecule has 0 fully saturated rings. The molecule has 0 atom stereocenters. The zero-order valence-electron chi connectivity index (χ0n) is 8.38. The minimum Gasteiger partial charge on any atom is -0.293 e. The molecule has 0 aromatic carbocycles. The molecule has 0 bridgehead atoms. The maximum atomic E-state index is 11.9. The van der Waals surface area contributed by atoms with Crippen molar-refractivity contribution in [2.45, 2.75) is 12.6 Å². The molecule has 0 spiro atoms. The predicted octanol–water partition coefficient (Wildman–Crippen LogP) is 3.09. The number of halogens is 3. The van der Waals surface area contributed by atoms with Crippen molar-refractivity contribution in [3.8, 4) is 0 Å². The molecule has 1 aromatic rings. The van der Waals surface area contributed by atoms with Gasteiger partial charge in [-0.1, -0.05) is 12.7 Å². The number of thiophene rings is 1. The van der Waals surface area contributed by atoms with Gasteiger partial charge in [-0.3, -0.25) is 9.59 Å². The number of hydrogen-bond acceptors (Lipinski definition) is 3. The van der Waals surface area contributed by atoms with Gasteiger partial charge in [0.1, 0.15) is 0 Å². The van der Waals surface area contributed by atoms with Crippen molar-refractivity contribution in [1.29, 1.82) is 0 Å². The van der Waals surface area contributed by atoms with Gasteiger partial charge in [0.25, 0.3) is 0 Å². The van der Waals surface area contributed by atoms with Gasteiger partial charge in [-0.15, -0.1) is 11.3 Å². The summed E-state index contributed by atoms with van der Waals surface area (Å²) in [7, 11) is 0. The summed E-state index contributed by atoms with van der Waals surface area (Å²) in [6.07, 6.45) is -4.61. The third-order valence-corrected chi connectivity index (χ3v) is 2.86. The van der Waals surface area contributed by atoms with Crippen LogP contribution in [0.5, 0.6) is 0 Å². The molecule has 1 heterocycles. The Kier molecular flexibility index (Phi) is 5.81. The molecule has 1 aromatic heterocycles. The molecule has 0 aliphatic rings. The molecular weight excluding hydrogens is 296 g/mol. The van der Waals surface area contributed by atoms with E-state index in [1.807, 2.05) is 0 Å². The summed E-state index contributed by atoms with van der Waals surface area (Å²) < 4.78 is 35.6. The van der Waals surface area contributed by atoms with Crippen LogP contribution in [0, 0.1) is 0 Å². The van der Waals surface area contributed by atoms with Crippen molar-refractivity contribution < 1.29 is 39.8 Å². The van der Waals surface area contributed by atoms with Gasteiger partial charge in [-0.05, 0) is 12.1 Å². The number of rotatable bonds is 4. The molecule has 0 saturated carbocycles. The molecule has 0 aliphatic heterocycles. The van der Waals surface area contributed by atoms with Crippen LogP contribution in [-0.2, 0) is 21.9 Å². The van der Waals surface area contributed by atoms with E-state index in [-0.39, 0.29) is 21.9 Å². The first-order valence-electron chi connectivity index (χ1n) is 4.20. The second-order valence-corrected chi connectivity index (χ2v) is 4.04. The summed E-state index contributed by atoms with van der Waals surface area (Å²) >= 11 is 1.01. The van der Waals surface area contributed by atoms with E-state index in [0.29, 0.717) is 4.88 Å². The summed E-state index contributed by atoms with van der Waals surface area (Å²) in [5.74, 6) is -2.84. The van der Waals surface area contributed by atoms with Crippen molar-refractivity contribution in [3.05, 3.63) is 28.5 Å². The maximum Gasteiger partial charge on any atom is 2.00 e. The first-order valence-corrected chi connectivity index (χ1v) is 5.01. The average molecular weight is 303 g/mol. The van der Waals surface area contributed by atoms with Gasteiger partial charge in [0.15, 0.2) is 5.78 Å². The number of Topliss-reactive ketones (excluding diaryl/α,β-unsaturated/α-hetero) is 2. The van der Waals surface area contributed by atoms with E-state index in [1.54, 1.807) is 6.07 Å². The molecule has 0 N–H and O–H groups in total. The Morgan fingerprint density at radius 2 is 1.94 bits per heavy atom. The first-order chi connectivity index (χ1) is 7.34. The zero-order chi connectivity index (χ0) is 12.3. The molecule has 0 unspecified atom stereocenters. The van der Waals surface area contributed by atoms with Crippen molar-refractivity contribution in [2.75, 3.05) is 0 Å². The minimum atomic E-state index is -4.95. The Morgan fingerprint density at radius 1 is 1.35 bits per heavy atom. The fraction of sp³-hybridized carbons (Fsp3) is 0.200. The number of ketones is 2. The number of hydrogen-bond donors (Lipinski definition) is 0. The van der Waals surface area contributed by atoms with Crippen LogP contribution >= 0.6 is 11.3 Å². The Hall–Kier alpha value is -0.911. The van der Waals surface area contributed by atoms with Gasteiger partial charge in [0.2, 0.25) is 5.78 Å². The van der Waals surface area contributed by atoms with Crippen LogP contribution in [0.1, 0.15) is 21.0 Å². The molecule has 7 heteroatoms. The van der Waals surface area contributed by atoms with Gasteiger partial charge in [-0.25, -0.2) is 0 Å². The van der Waals surface area contributed by atoms with Gasteiger partial charge >= 0.3 is 23.2 Å². The quantitative estimate of drug-likeness (QED) is 0.486. The Labute approximate surface area is 110 Å². The van der Waals surface area contributed by atoms with Gasteiger partial charge in [-0.2, -0.15) is 13.2 Å². The van der Waals surface area contributed by atoms with E-state index in [1.165, 1.54) is 12.1 Å². The largest absolute Gasteiger partial charge is 2.00 e. The van der Waals surface area contributed by atoms with Gasteiger partial charge < -0.3 is 0 Å². The normalized spacial score (nSPS) is 10.5. The summed E-state index contributed by atoms with van der Waals surface area (Å²) in [4.78, 5) is 22.7. The van der Waals surface area contributed by atoms with E-state index in [0.717, 1.165) is 11.3 Å². The number of carbonyl (C=O) groups is 2. The molecule has 91 valence electrons. The monoisotopic (exact) mass is 303 g/mol. The average Bonchev–Trinajstić information content (AvgIpc) is 2.64. The summed E-state index contributed by atoms with van der Waals surface area (Å²) in [6, 6.07) is 2.94. The van der Waals surface area contributed by atoms with Crippen LogP contribution in [0.25, 0.3) is 6.08 Å². The van der Waals surface area contributed by atoms with Crippen LogP contribution in [0.2, 0.25) is 0 Å². The van der Waals surface area contributed by atoms with Crippen LogP contribution in [0.3, 0.4) is 0 Å². The fourth-order valence-electron chi connectivity index (χ4n) is 0.946. The summed E-state index contributed by atoms with van der Waals surface area (Å²) in [5, 5.41) is 0. The molecule has 0 saturated heterocycles. The molecule has 2 nitrogen and oxygen atoms in total. The predicted molar refractivity (Wildman–Crippen MR) is 54.4 cm³/mol. The van der Waals surface area contributed by atoms with E-state index in [9.17, 15) is 22.8 Å². The molecule has 17 heavy (non-hydrogen) atoms. The second-order valence-electron chi connectivity index (χ2n) is 2.93. The van der Waals surface area contributed by atoms with Crippen LogP contribution < -0.4 is 0 Å². The molecule has 1 rings (SSSR count). The Bertz CT molecular complexity index is 437. The fourth-order valence-corrected chi connectivity index (χ4v) is 1.74. The number of carbonyl (C=O) groups excluding carboxylic acids is 2. The van der Waals surface area contributed by atoms with Crippen molar-refractivity contribution in [1.82, 2.24) is 0 Å². The third-order valence-electron chi connectivity index (χ3n) is 1.74.